The standard InChI is InChI=1S/C29H33N7O2/c30-22-2-1-11-36(17-22)16-19-7-10-31-26(14-19)29(37)34-23-5-3-20(4-6-23)25-15-24-27(21-8-12-38-13-9-21)32-18-33-28(24)35-25/h3-7,10,14-15,18,21-22H,1-2,8-9,11-13,16-17,30H2,(H,34,37)(H,32,33,35). The molecule has 38 heavy (non-hydrogen) atoms. The van der Waals surface area contributed by atoms with Gasteiger partial charge in [-0.2, -0.15) is 0 Å². The van der Waals surface area contributed by atoms with E-state index in [4.69, 9.17) is 10.5 Å². The second kappa shape index (κ2) is 11.0. The average Bonchev–Trinajstić information content (AvgIpc) is 3.39. The van der Waals surface area contributed by atoms with Gasteiger partial charge in [0.2, 0.25) is 0 Å². The molecule has 2 saturated heterocycles. The molecule has 0 spiro atoms. The number of anilines is 1. The van der Waals surface area contributed by atoms with E-state index in [-0.39, 0.29) is 11.9 Å². The number of aromatic nitrogens is 4. The maximum Gasteiger partial charge on any atom is 0.274 e. The first kappa shape index (κ1) is 24.7. The first-order chi connectivity index (χ1) is 18.6. The van der Waals surface area contributed by atoms with Crippen LogP contribution in [0.3, 0.4) is 0 Å². The lowest BCUT2D eigenvalue weighted by molar-refractivity contribution is 0.0848. The number of carbonyl (C=O) groups is 1. The van der Waals surface area contributed by atoms with Crippen molar-refractivity contribution in [3.05, 3.63) is 71.9 Å². The Morgan fingerprint density at radius 2 is 1.92 bits per heavy atom. The van der Waals surface area contributed by atoms with E-state index in [9.17, 15) is 4.79 Å². The Bertz CT molecular complexity index is 1410. The predicted octanol–water partition coefficient (Wildman–Crippen LogP) is 4.09. The maximum atomic E-state index is 12.9. The quantitative estimate of drug-likeness (QED) is 0.356. The van der Waals surface area contributed by atoms with Crippen LogP contribution >= 0.6 is 0 Å². The molecular weight excluding hydrogens is 478 g/mol. The van der Waals surface area contributed by atoms with Crippen LogP contribution in [0.4, 0.5) is 5.69 Å². The summed E-state index contributed by atoms with van der Waals surface area (Å²) >= 11 is 0. The summed E-state index contributed by atoms with van der Waals surface area (Å²) in [5, 5.41) is 4.03. The van der Waals surface area contributed by atoms with E-state index in [0.29, 0.717) is 17.3 Å². The number of nitrogens with one attached hydrogen (secondary N) is 2. The highest BCUT2D eigenvalue weighted by molar-refractivity contribution is 6.03. The van der Waals surface area contributed by atoms with Gasteiger partial charge in [0.25, 0.3) is 5.91 Å². The van der Waals surface area contributed by atoms with Crippen LogP contribution in [0.1, 0.15) is 53.3 Å². The summed E-state index contributed by atoms with van der Waals surface area (Å²) in [5.74, 6) is 0.164. The molecule has 2 aliphatic heterocycles. The van der Waals surface area contributed by atoms with Crippen molar-refractivity contribution in [2.75, 3.05) is 31.6 Å². The molecule has 9 nitrogen and oxygen atoms in total. The number of fused-ring (bicyclic) bond motifs is 1. The summed E-state index contributed by atoms with van der Waals surface area (Å²) < 4.78 is 5.52. The molecule has 0 aliphatic carbocycles. The third-order valence-corrected chi connectivity index (χ3v) is 7.52. The lowest BCUT2D eigenvalue weighted by Crippen LogP contribution is -2.42. The number of benzene rings is 1. The highest BCUT2D eigenvalue weighted by Crippen LogP contribution is 2.32. The van der Waals surface area contributed by atoms with Crippen molar-refractivity contribution in [2.24, 2.45) is 5.73 Å². The molecule has 1 atom stereocenters. The zero-order valence-electron chi connectivity index (χ0n) is 21.4. The fourth-order valence-corrected chi connectivity index (χ4v) is 5.53. The number of amides is 1. The van der Waals surface area contributed by atoms with E-state index in [1.165, 1.54) is 0 Å². The molecular formula is C29H33N7O2. The number of nitrogens with two attached hydrogens (primary N) is 1. The number of pyridine rings is 1. The van der Waals surface area contributed by atoms with E-state index in [1.807, 2.05) is 36.4 Å². The van der Waals surface area contributed by atoms with Crippen molar-refractivity contribution >= 4 is 22.6 Å². The molecule has 5 heterocycles. The van der Waals surface area contributed by atoms with Crippen LogP contribution in [0, 0.1) is 0 Å². The summed E-state index contributed by atoms with van der Waals surface area (Å²) in [5.41, 5.74) is 12.2. The molecule has 1 aromatic carbocycles. The highest BCUT2D eigenvalue weighted by atomic mass is 16.5. The number of aromatic amines is 1. The Hall–Kier alpha value is -3.66. The van der Waals surface area contributed by atoms with Crippen molar-refractivity contribution in [3.8, 4) is 11.3 Å². The van der Waals surface area contributed by atoms with Crippen LogP contribution < -0.4 is 11.1 Å². The number of H-pyrrole nitrogens is 1. The molecule has 3 aromatic heterocycles. The molecule has 196 valence electrons. The summed E-state index contributed by atoms with van der Waals surface area (Å²) in [7, 11) is 0. The van der Waals surface area contributed by atoms with Crippen molar-refractivity contribution in [1.29, 1.82) is 0 Å². The fraction of sp³-hybridized carbons (Fsp3) is 0.379. The monoisotopic (exact) mass is 511 g/mol. The molecule has 9 heteroatoms. The van der Waals surface area contributed by atoms with Crippen LogP contribution in [0.2, 0.25) is 0 Å². The van der Waals surface area contributed by atoms with Gasteiger partial charge in [0.15, 0.2) is 0 Å². The van der Waals surface area contributed by atoms with Gasteiger partial charge in [-0.15, -0.1) is 0 Å². The van der Waals surface area contributed by atoms with Gasteiger partial charge in [-0.3, -0.25) is 14.7 Å². The Morgan fingerprint density at radius 3 is 2.74 bits per heavy atom. The van der Waals surface area contributed by atoms with Crippen LogP contribution in [-0.2, 0) is 11.3 Å². The molecule has 2 aliphatic rings. The number of carbonyl (C=O) groups excluding carboxylic acids is 1. The van der Waals surface area contributed by atoms with Crippen molar-refractivity contribution in [2.45, 2.75) is 44.2 Å². The zero-order valence-corrected chi connectivity index (χ0v) is 21.4. The highest BCUT2D eigenvalue weighted by Gasteiger charge is 2.21. The lowest BCUT2D eigenvalue weighted by atomic mass is 9.94. The first-order valence-corrected chi connectivity index (χ1v) is 13.4. The normalized spacial score (nSPS) is 19.0. The van der Waals surface area contributed by atoms with Gasteiger partial charge in [0.05, 0.1) is 5.69 Å². The average molecular weight is 512 g/mol. The predicted molar refractivity (Wildman–Crippen MR) is 147 cm³/mol. The van der Waals surface area contributed by atoms with Crippen molar-refractivity contribution in [1.82, 2.24) is 24.8 Å². The van der Waals surface area contributed by atoms with Crippen LogP contribution in [0.5, 0.6) is 0 Å². The van der Waals surface area contributed by atoms with E-state index in [1.54, 1.807) is 12.5 Å². The smallest absolute Gasteiger partial charge is 0.274 e. The second-order valence-electron chi connectivity index (χ2n) is 10.3. The van der Waals surface area contributed by atoms with Gasteiger partial charge in [-0.25, -0.2) is 9.97 Å². The minimum atomic E-state index is -0.225. The van der Waals surface area contributed by atoms with Crippen LogP contribution in [0.25, 0.3) is 22.3 Å². The third-order valence-electron chi connectivity index (χ3n) is 7.52. The van der Waals surface area contributed by atoms with E-state index >= 15 is 0 Å². The summed E-state index contributed by atoms with van der Waals surface area (Å²) in [4.78, 5) is 32.1. The number of nitrogens with zero attached hydrogens (tertiary/aromatic N) is 4. The van der Waals surface area contributed by atoms with E-state index in [0.717, 1.165) is 92.1 Å². The number of likely N-dealkylation sites (tertiary alicyclic amines) is 1. The second-order valence-corrected chi connectivity index (χ2v) is 10.3. The van der Waals surface area contributed by atoms with E-state index in [2.05, 4.69) is 36.2 Å². The minimum absolute atomic E-state index is 0.225. The van der Waals surface area contributed by atoms with Gasteiger partial charge in [-0.1, -0.05) is 12.1 Å². The number of hydrogen-bond donors (Lipinski definition) is 3. The Balaban J connectivity index is 1.14. The molecule has 4 N–H and O–H groups in total. The van der Waals surface area contributed by atoms with Gasteiger partial charge >= 0.3 is 0 Å². The number of rotatable bonds is 6. The van der Waals surface area contributed by atoms with E-state index < -0.39 is 0 Å². The number of hydrogen-bond acceptors (Lipinski definition) is 7. The Labute approximate surface area is 221 Å². The minimum Gasteiger partial charge on any atom is -0.381 e. The van der Waals surface area contributed by atoms with Crippen molar-refractivity contribution in [3.63, 3.8) is 0 Å². The number of piperidine rings is 1. The number of ether oxygens (including phenoxy) is 1. The van der Waals surface area contributed by atoms with Gasteiger partial charge in [-0.05, 0) is 73.7 Å². The Morgan fingerprint density at radius 1 is 1.08 bits per heavy atom. The summed E-state index contributed by atoms with van der Waals surface area (Å²) in [6.07, 6.45) is 7.47. The molecule has 4 aromatic rings. The Kier molecular flexibility index (Phi) is 7.13. The molecule has 0 radical (unpaired) electrons. The first-order valence-electron chi connectivity index (χ1n) is 13.4. The van der Waals surface area contributed by atoms with Gasteiger partial charge < -0.3 is 20.8 Å². The van der Waals surface area contributed by atoms with Crippen LogP contribution in [-0.4, -0.2) is 63.1 Å². The lowest BCUT2D eigenvalue weighted by Gasteiger charge is -2.30. The summed E-state index contributed by atoms with van der Waals surface area (Å²) in [6, 6.07) is 14.0. The largest absolute Gasteiger partial charge is 0.381 e. The van der Waals surface area contributed by atoms with Crippen LogP contribution in [0.15, 0.2) is 55.0 Å². The SMILES string of the molecule is NC1CCCN(Cc2ccnc(C(=O)Nc3ccc(-c4cc5c(C6CCOCC6)ncnc5[nH]4)cc3)c2)C1. The third kappa shape index (κ3) is 5.45. The zero-order chi connectivity index (χ0) is 25.9. The molecule has 1 amide bonds. The molecule has 0 bridgehead atoms. The molecule has 0 saturated carbocycles. The van der Waals surface area contributed by atoms with Gasteiger partial charge in [0, 0.05) is 61.2 Å². The molecule has 2 fully saturated rings. The molecule has 1 unspecified atom stereocenters. The molecule has 6 rings (SSSR count). The van der Waals surface area contributed by atoms with Crippen molar-refractivity contribution < 1.29 is 9.53 Å². The maximum absolute atomic E-state index is 12.9. The topological polar surface area (TPSA) is 122 Å². The summed E-state index contributed by atoms with van der Waals surface area (Å²) in [6.45, 7) is 4.23. The van der Waals surface area contributed by atoms with Gasteiger partial charge in [0.1, 0.15) is 17.7 Å². The fourth-order valence-electron chi connectivity index (χ4n) is 5.53.